The Morgan fingerprint density at radius 2 is 1.77 bits per heavy atom. The molecule has 1 aromatic heterocycles. The molecule has 0 unspecified atom stereocenters. The molecule has 214 valence electrons. The number of hydrogen-bond acceptors (Lipinski definition) is 7. The van der Waals surface area contributed by atoms with E-state index in [1.165, 1.54) is 18.6 Å². The van der Waals surface area contributed by atoms with Crippen LogP contribution in [-0.2, 0) is 19.1 Å². The van der Waals surface area contributed by atoms with E-state index in [1.807, 2.05) is 20.8 Å². The maximum atomic E-state index is 14.1. The Balaban J connectivity index is 1.56. The molecule has 2 aliphatic carbocycles. The van der Waals surface area contributed by atoms with Gasteiger partial charge in [0.1, 0.15) is 23.8 Å². The summed E-state index contributed by atoms with van der Waals surface area (Å²) in [4.78, 5) is 63.7. The van der Waals surface area contributed by atoms with Gasteiger partial charge in [-0.05, 0) is 55.8 Å². The van der Waals surface area contributed by atoms with Crippen LogP contribution in [0.4, 0.5) is 0 Å². The van der Waals surface area contributed by atoms with Crippen LogP contribution in [0.5, 0.6) is 0 Å². The van der Waals surface area contributed by atoms with Crippen LogP contribution in [0.25, 0.3) is 0 Å². The van der Waals surface area contributed by atoms with Gasteiger partial charge in [-0.15, -0.1) is 0 Å². The SMILES string of the molecule is CCOC(=O)[C@@H]1[C@H]2CCC[C@H]2CN1C(=O)[C@@H](NC(=O)[C@H](NC(=O)c1cnccn1)C1CCCCC1)C(C)(C)C. The molecule has 10 heteroatoms. The number of likely N-dealkylation sites (tertiary alicyclic amines) is 1. The van der Waals surface area contributed by atoms with Gasteiger partial charge >= 0.3 is 5.97 Å². The first-order chi connectivity index (χ1) is 18.6. The van der Waals surface area contributed by atoms with E-state index in [0.29, 0.717) is 6.54 Å². The van der Waals surface area contributed by atoms with Crippen molar-refractivity contribution in [2.45, 2.75) is 97.2 Å². The molecule has 3 aliphatic rings. The molecule has 1 aromatic rings. The van der Waals surface area contributed by atoms with Gasteiger partial charge in [-0.2, -0.15) is 0 Å². The van der Waals surface area contributed by atoms with E-state index in [-0.39, 0.29) is 47.8 Å². The number of rotatable bonds is 8. The minimum atomic E-state index is -0.875. The van der Waals surface area contributed by atoms with Crippen molar-refractivity contribution < 1.29 is 23.9 Å². The molecule has 0 radical (unpaired) electrons. The van der Waals surface area contributed by atoms with Gasteiger partial charge in [-0.1, -0.05) is 46.5 Å². The molecule has 0 aromatic carbocycles. The lowest BCUT2D eigenvalue weighted by Gasteiger charge is -2.38. The molecule has 1 aliphatic heterocycles. The first kappa shape index (κ1) is 29.0. The van der Waals surface area contributed by atoms with Gasteiger partial charge in [0.25, 0.3) is 5.91 Å². The van der Waals surface area contributed by atoms with E-state index in [9.17, 15) is 19.2 Å². The number of carbonyl (C=O) groups excluding carboxylic acids is 4. The second kappa shape index (κ2) is 12.4. The van der Waals surface area contributed by atoms with Crippen molar-refractivity contribution >= 4 is 23.7 Å². The molecule has 4 rings (SSSR count). The van der Waals surface area contributed by atoms with Crippen molar-refractivity contribution in [2.75, 3.05) is 13.2 Å². The quantitative estimate of drug-likeness (QED) is 0.484. The van der Waals surface area contributed by atoms with Gasteiger partial charge in [0, 0.05) is 18.9 Å². The van der Waals surface area contributed by atoms with Crippen LogP contribution in [0.1, 0.15) is 89.5 Å². The number of esters is 1. The Kier molecular flexibility index (Phi) is 9.23. The van der Waals surface area contributed by atoms with Crippen LogP contribution in [-0.4, -0.2) is 69.8 Å². The van der Waals surface area contributed by atoms with Gasteiger partial charge in [-0.3, -0.25) is 19.4 Å². The van der Waals surface area contributed by atoms with E-state index in [0.717, 1.165) is 51.4 Å². The Morgan fingerprint density at radius 3 is 2.41 bits per heavy atom. The Labute approximate surface area is 231 Å². The average molecular weight is 542 g/mol. The third kappa shape index (κ3) is 6.58. The topological polar surface area (TPSA) is 131 Å². The molecule has 10 nitrogen and oxygen atoms in total. The predicted molar refractivity (Wildman–Crippen MR) is 144 cm³/mol. The summed E-state index contributed by atoms with van der Waals surface area (Å²) in [6.07, 6.45) is 11.9. The number of nitrogens with one attached hydrogen (secondary N) is 2. The molecule has 5 atom stereocenters. The maximum absolute atomic E-state index is 14.1. The third-order valence-electron chi connectivity index (χ3n) is 8.59. The largest absolute Gasteiger partial charge is 0.464 e. The number of aromatic nitrogens is 2. The smallest absolute Gasteiger partial charge is 0.329 e. The maximum Gasteiger partial charge on any atom is 0.329 e. The van der Waals surface area contributed by atoms with Crippen molar-refractivity contribution in [1.82, 2.24) is 25.5 Å². The van der Waals surface area contributed by atoms with Crippen molar-refractivity contribution in [3.63, 3.8) is 0 Å². The Morgan fingerprint density at radius 1 is 1.03 bits per heavy atom. The van der Waals surface area contributed by atoms with Crippen LogP contribution >= 0.6 is 0 Å². The summed E-state index contributed by atoms with van der Waals surface area (Å²) in [5.74, 6) is -1.19. The monoisotopic (exact) mass is 541 g/mol. The fraction of sp³-hybridized carbons (Fsp3) is 0.724. The lowest BCUT2D eigenvalue weighted by molar-refractivity contribution is -0.156. The van der Waals surface area contributed by atoms with Crippen LogP contribution in [0.15, 0.2) is 18.6 Å². The molecule has 3 amide bonds. The van der Waals surface area contributed by atoms with Gasteiger partial charge in [0.15, 0.2) is 0 Å². The fourth-order valence-corrected chi connectivity index (χ4v) is 6.60. The number of ether oxygens (including phenoxy) is 1. The van der Waals surface area contributed by atoms with Crippen molar-refractivity contribution in [2.24, 2.45) is 23.2 Å². The summed E-state index contributed by atoms with van der Waals surface area (Å²) in [6, 6.07) is -2.31. The van der Waals surface area contributed by atoms with Gasteiger partial charge in [-0.25, -0.2) is 9.78 Å². The van der Waals surface area contributed by atoms with Gasteiger partial charge in [0.05, 0.1) is 12.8 Å². The van der Waals surface area contributed by atoms with E-state index < -0.39 is 29.4 Å². The lowest BCUT2D eigenvalue weighted by atomic mass is 9.82. The van der Waals surface area contributed by atoms with Crippen LogP contribution in [0, 0.1) is 23.2 Å². The summed E-state index contributed by atoms with van der Waals surface area (Å²) < 4.78 is 5.39. The zero-order valence-corrected chi connectivity index (χ0v) is 23.7. The molecular weight excluding hydrogens is 498 g/mol. The van der Waals surface area contributed by atoms with Crippen molar-refractivity contribution in [1.29, 1.82) is 0 Å². The van der Waals surface area contributed by atoms with E-state index in [2.05, 4.69) is 20.6 Å². The van der Waals surface area contributed by atoms with Crippen molar-refractivity contribution in [3.8, 4) is 0 Å². The highest BCUT2D eigenvalue weighted by atomic mass is 16.5. The highest BCUT2D eigenvalue weighted by molar-refractivity contribution is 5.97. The first-order valence-electron chi connectivity index (χ1n) is 14.5. The van der Waals surface area contributed by atoms with E-state index >= 15 is 0 Å². The minimum absolute atomic E-state index is 0.0477. The second-order valence-electron chi connectivity index (χ2n) is 12.3. The number of carbonyl (C=O) groups is 4. The fourth-order valence-electron chi connectivity index (χ4n) is 6.60. The molecule has 39 heavy (non-hydrogen) atoms. The molecule has 2 N–H and O–H groups in total. The lowest BCUT2D eigenvalue weighted by Crippen LogP contribution is -2.61. The number of fused-ring (bicyclic) bond motifs is 1. The molecule has 2 saturated carbocycles. The predicted octanol–water partition coefficient (Wildman–Crippen LogP) is 2.88. The number of hydrogen-bond donors (Lipinski definition) is 2. The second-order valence-corrected chi connectivity index (χ2v) is 12.3. The van der Waals surface area contributed by atoms with Gasteiger partial charge < -0.3 is 20.3 Å². The summed E-state index contributed by atoms with van der Waals surface area (Å²) in [6.45, 7) is 8.22. The van der Waals surface area contributed by atoms with Gasteiger partial charge in [0.2, 0.25) is 11.8 Å². The highest BCUT2D eigenvalue weighted by Crippen LogP contribution is 2.43. The Hall–Kier alpha value is -3.04. The molecule has 2 heterocycles. The molecule has 0 bridgehead atoms. The van der Waals surface area contributed by atoms with E-state index in [4.69, 9.17) is 4.74 Å². The number of nitrogens with zero attached hydrogens (tertiary/aromatic N) is 3. The van der Waals surface area contributed by atoms with Crippen LogP contribution in [0.3, 0.4) is 0 Å². The average Bonchev–Trinajstić information content (AvgIpc) is 3.52. The highest BCUT2D eigenvalue weighted by Gasteiger charge is 2.52. The minimum Gasteiger partial charge on any atom is -0.464 e. The Bertz CT molecular complexity index is 1040. The zero-order valence-electron chi connectivity index (χ0n) is 23.7. The molecular formula is C29H43N5O5. The van der Waals surface area contributed by atoms with Crippen molar-refractivity contribution in [3.05, 3.63) is 24.3 Å². The van der Waals surface area contributed by atoms with E-state index in [1.54, 1.807) is 11.8 Å². The summed E-state index contributed by atoms with van der Waals surface area (Å²) in [7, 11) is 0. The standard InChI is InChI=1S/C29H43N5O5/c1-5-39-28(38)23-20-13-9-12-19(20)17-34(23)27(37)24(29(2,3)4)33-26(36)22(18-10-7-6-8-11-18)32-25(35)21-16-30-14-15-31-21/h14-16,18-20,22-24H,5-13,17H2,1-4H3,(H,32,35)(H,33,36)/t19-,20-,22+,23-,24+/m0/s1. The zero-order chi connectivity index (χ0) is 28.2. The summed E-state index contributed by atoms with van der Waals surface area (Å²) in [5, 5.41) is 5.90. The third-order valence-corrected chi connectivity index (χ3v) is 8.59. The normalized spacial score (nSPS) is 24.9. The summed E-state index contributed by atoms with van der Waals surface area (Å²) in [5.41, 5.74) is -0.495. The molecule has 0 spiro atoms. The first-order valence-corrected chi connectivity index (χ1v) is 14.5. The van der Waals surface area contributed by atoms with Crippen LogP contribution in [0.2, 0.25) is 0 Å². The molecule has 1 saturated heterocycles. The number of amides is 3. The molecule has 3 fully saturated rings. The summed E-state index contributed by atoms with van der Waals surface area (Å²) >= 11 is 0. The van der Waals surface area contributed by atoms with Crippen LogP contribution < -0.4 is 10.6 Å².